The normalized spacial score (nSPS) is 16.4. The molecule has 1 aliphatic heterocycles. The Morgan fingerprint density at radius 3 is 2.19 bits per heavy atom. The Labute approximate surface area is 179 Å². The van der Waals surface area contributed by atoms with E-state index in [1.807, 2.05) is 0 Å². The average Bonchev–Trinajstić information content (AvgIpc) is 2.74. The zero-order valence-electron chi connectivity index (χ0n) is 16.5. The van der Waals surface area contributed by atoms with Gasteiger partial charge in [0.2, 0.25) is 19.9 Å². The summed E-state index contributed by atoms with van der Waals surface area (Å²) in [5.74, 6) is 0.274. The van der Waals surface area contributed by atoms with Crippen molar-refractivity contribution in [2.24, 2.45) is 5.92 Å². The molecule has 1 aliphatic rings. The minimum Gasteiger partial charge on any atom is -0.317 e. The number of benzene rings is 2. The largest absolute Gasteiger partial charge is 0.417 e. The molecule has 0 aliphatic carbocycles. The van der Waals surface area contributed by atoms with Crippen LogP contribution in [0.4, 0.5) is 13.2 Å². The third-order valence-corrected chi connectivity index (χ3v) is 8.48. The number of hydrogen-bond donors (Lipinski definition) is 2. The number of sulfone groups is 1. The van der Waals surface area contributed by atoms with Gasteiger partial charge in [0.15, 0.2) is 0 Å². The van der Waals surface area contributed by atoms with Crippen LogP contribution in [-0.2, 0) is 26.0 Å². The molecule has 6 nitrogen and oxygen atoms in total. The Balaban J connectivity index is 1.93. The van der Waals surface area contributed by atoms with Crippen LogP contribution in [0.5, 0.6) is 0 Å². The van der Waals surface area contributed by atoms with Crippen LogP contribution < -0.4 is 10.0 Å². The van der Waals surface area contributed by atoms with E-state index in [1.165, 1.54) is 24.3 Å². The Kier molecular flexibility index (Phi) is 7.09. The minimum absolute atomic E-state index is 0.0278. The Morgan fingerprint density at radius 1 is 0.935 bits per heavy atom. The summed E-state index contributed by atoms with van der Waals surface area (Å²) < 4.78 is 93.8. The molecule has 0 saturated carbocycles. The summed E-state index contributed by atoms with van der Waals surface area (Å²) in [6.45, 7) is 1.60. The average molecular weight is 477 g/mol. The topological polar surface area (TPSA) is 92.3 Å². The molecule has 0 aromatic heterocycles. The lowest BCUT2D eigenvalue weighted by atomic mass is 9.95. The van der Waals surface area contributed by atoms with Crippen molar-refractivity contribution in [1.29, 1.82) is 0 Å². The number of alkyl halides is 3. The fourth-order valence-electron chi connectivity index (χ4n) is 3.51. The van der Waals surface area contributed by atoms with Gasteiger partial charge in [-0.1, -0.05) is 18.2 Å². The van der Waals surface area contributed by atoms with Gasteiger partial charge in [-0.3, -0.25) is 0 Å². The first-order chi connectivity index (χ1) is 14.5. The molecule has 0 spiro atoms. The fraction of sp³-hybridized carbons (Fsp3) is 0.400. The van der Waals surface area contributed by atoms with Crippen molar-refractivity contribution < 1.29 is 30.0 Å². The Bertz CT molecular complexity index is 1110. The van der Waals surface area contributed by atoms with Crippen LogP contribution in [0.25, 0.3) is 0 Å². The lowest BCUT2D eigenvalue weighted by Crippen LogP contribution is -2.32. The molecular formula is C20H23F3N2O4S2. The quantitative estimate of drug-likeness (QED) is 0.640. The molecule has 0 radical (unpaired) electrons. The van der Waals surface area contributed by atoms with Crippen LogP contribution in [0, 0.1) is 5.92 Å². The highest BCUT2D eigenvalue weighted by atomic mass is 32.2. The van der Waals surface area contributed by atoms with Gasteiger partial charge in [0.1, 0.15) is 0 Å². The van der Waals surface area contributed by atoms with Gasteiger partial charge in [-0.25, -0.2) is 21.6 Å². The second kappa shape index (κ2) is 9.27. The second-order valence-corrected chi connectivity index (χ2v) is 11.0. The zero-order chi connectivity index (χ0) is 22.7. The molecular weight excluding hydrogens is 453 g/mol. The second-order valence-electron chi connectivity index (χ2n) is 7.35. The maximum absolute atomic E-state index is 13.5. The summed E-state index contributed by atoms with van der Waals surface area (Å²) in [7, 11) is -8.78. The molecule has 31 heavy (non-hydrogen) atoms. The van der Waals surface area contributed by atoms with Gasteiger partial charge in [0.25, 0.3) is 0 Å². The highest BCUT2D eigenvalue weighted by Crippen LogP contribution is 2.36. The van der Waals surface area contributed by atoms with Crippen LogP contribution >= 0.6 is 0 Å². The van der Waals surface area contributed by atoms with Crippen molar-refractivity contribution in [3.63, 3.8) is 0 Å². The van der Waals surface area contributed by atoms with E-state index in [-0.39, 0.29) is 17.4 Å². The van der Waals surface area contributed by atoms with Crippen molar-refractivity contribution >= 4 is 19.9 Å². The van der Waals surface area contributed by atoms with E-state index < -0.39 is 41.4 Å². The molecule has 0 amide bonds. The number of hydrogen-bond acceptors (Lipinski definition) is 5. The van der Waals surface area contributed by atoms with Crippen LogP contribution in [0.1, 0.15) is 24.8 Å². The Morgan fingerprint density at radius 2 is 1.58 bits per heavy atom. The molecule has 170 valence electrons. The predicted octanol–water partition coefficient (Wildman–Crippen LogP) is 3.21. The molecule has 3 rings (SSSR count). The maximum Gasteiger partial charge on any atom is 0.417 e. The van der Waals surface area contributed by atoms with E-state index in [0.29, 0.717) is 18.6 Å². The molecule has 11 heteroatoms. The molecule has 0 bridgehead atoms. The molecule has 2 aromatic rings. The minimum atomic E-state index is -4.96. The molecule has 2 N–H and O–H groups in total. The molecule has 0 atom stereocenters. The van der Waals surface area contributed by atoms with Crippen molar-refractivity contribution in [2.45, 2.75) is 40.1 Å². The van der Waals surface area contributed by atoms with Crippen LogP contribution in [-0.4, -0.2) is 36.5 Å². The summed E-state index contributed by atoms with van der Waals surface area (Å²) >= 11 is 0. The van der Waals surface area contributed by atoms with Gasteiger partial charge in [0.05, 0.1) is 20.2 Å². The van der Waals surface area contributed by atoms with E-state index in [4.69, 9.17) is 0 Å². The first kappa shape index (κ1) is 23.7. The van der Waals surface area contributed by atoms with Gasteiger partial charge < -0.3 is 5.32 Å². The summed E-state index contributed by atoms with van der Waals surface area (Å²) in [6, 6.07) is 8.97. The summed E-state index contributed by atoms with van der Waals surface area (Å²) in [5, 5.41) is 3.18. The third kappa shape index (κ3) is 5.65. The molecule has 1 saturated heterocycles. The number of halogens is 3. The number of rotatable bonds is 7. The van der Waals surface area contributed by atoms with Gasteiger partial charge in [0, 0.05) is 6.54 Å². The number of sulfonamides is 1. The van der Waals surface area contributed by atoms with E-state index in [9.17, 15) is 30.0 Å². The Hall–Kier alpha value is -1.95. The van der Waals surface area contributed by atoms with Gasteiger partial charge in [-0.2, -0.15) is 13.2 Å². The molecule has 2 aromatic carbocycles. The van der Waals surface area contributed by atoms with Gasteiger partial charge in [-0.15, -0.1) is 0 Å². The van der Waals surface area contributed by atoms with E-state index >= 15 is 0 Å². The lowest BCUT2D eigenvalue weighted by Gasteiger charge is -2.22. The van der Waals surface area contributed by atoms with E-state index in [2.05, 4.69) is 10.0 Å². The number of piperidine rings is 1. The monoisotopic (exact) mass is 476 g/mol. The smallest absolute Gasteiger partial charge is 0.317 e. The van der Waals surface area contributed by atoms with Crippen molar-refractivity contribution in [1.82, 2.24) is 10.0 Å². The van der Waals surface area contributed by atoms with Crippen molar-refractivity contribution in [2.75, 3.05) is 19.6 Å². The summed E-state index contributed by atoms with van der Waals surface area (Å²) in [6.07, 6.45) is -2.75. The molecule has 0 unspecified atom stereocenters. The van der Waals surface area contributed by atoms with Crippen molar-refractivity contribution in [3.05, 3.63) is 54.1 Å². The highest BCUT2D eigenvalue weighted by molar-refractivity contribution is 7.91. The lowest BCUT2D eigenvalue weighted by molar-refractivity contribution is -0.139. The van der Waals surface area contributed by atoms with Gasteiger partial charge in [-0.05, 0) is 68.6 Å². The van der Waals surface area contributed by atoms with Gasteiger partial charge >= 0.3 is 6.18 Å². The highest BCUT2D eigenvalue weighted by Gasteiger charge is 2.38. The fourth-order valence-corrected chi connectivity index (χ4v) is 6.19. The SMILES string of the molecule is O=S(=O)(NCCC1CCNCC1)c1cc(S(=O)(=O)c2ccccc2)ccc1C(F)(F)F. The van der Waals surface area contributed by atoms with Crippen LogP contribution in [0.3, 0.4) is 0 Å². The van der Waals surface area contributed by atoms with Crippen LogP contribution in [0.2, 0.25) is 0 Å². The molecule has 1 fully saturated rings. The summed E-state index contributed by atoms with van der Waals surface area (Å²) in [4.78, 5) is -1.76. The zero-order valence-corrected chi connectivity index (χ0v) is 18.2. The maximum atomic E-state index is 13.5. The summed E-state index contributed by atoms with van der Waals surface area (Å²) in [5.41, 5.74) is -1.41. The van der Waals surface area contributed by atoms with Crippen LogP contribution in [0.15, 0.2) is 63.2 Å². The first-order valence-corrected chi connectivity index (χ1v) is 12.7. The first-order valence-electron chi connectivity index (χ1n) is 9.73. The van der Waals surface area contributed by atoms with E-state index in [0.717, 1.165) is 32.0 Å². The molecule has 1 heterocycles. The van der Waals surface area contributed by atoms with E-state index in [1.54, 1.807) is 6.07 Å². The predicted molar refractivity (Wildman–Crippen MR) is 109 cm³/mol. The standard InChI is InChI=1S/C20H23F3N2O4S2/c21-20(22,23)18-7-6-17(30(26,27)16-4-2-1-3-5-16)14-19(18)31(28,29)25-13-10-15-8-11-24-12-9-15/h1-7,14-15,24-25H,8-13H2. The van der Waals surface area contributed by atoms with Crippen molar-refractivity contribution in [3.8, 4) is 0 Å². The number of nitrogens with one attached hydrogen (secondary N) is 2. The third-order valence-electron chi connectivity index (χ3n) is 5.22.